The summed E-state index contributed by atoms with van der Waals surface area (Å²) in [6.07, 6.45) is 9.84. The van der Waals surface area contributed by atoms with Gasteiger partial charge in [-0.05, 0) is 72.4 Å². The molecule has 0 spiro atoms. The number of benzene rings is 2. The number of carbonyl (C=O) groups is 2. The van der Waals surface area contributed by atoms with E-state index in [1.165, 1.54) is 12.0 Å². The quantitative estimate of drug-likeness (QED) is 0.236. The lowest BCUT2D eigenvalue weighted by Crippen LogP contribution is -2.49. The van der Waals surface area contributed by atoms with Gasteiger partial charge in [0.05, 0.1) is 13.0 Å². The Morgan fingerprint density at radius 1 is 1.09 bits per heavy atom. The van der Waals surface area contributed by atoms with Crippen molar-refractivity contribution in [3.05, 3.63) is 71.3 Å². The van der Waals surface area contributed by atoms with Crippen molar-refractivity contribution in [2.45, 2.75) is 37.5 Å². The summed E-state index contributed by atoms with van der Waals surface area (Å²) >= 11 is 0. The number of hydrogen-bond acceptors (Lipinski definition) is 4. The van der Waals surface area contributed by atoms with Crippen molar-refractivity contribution < 1.29 is 24.6 Å². The van der Waals surface area contributed by atoms with Crippen LogP contribution in [-0.2, 0) is 15.0 Å². The minimum Gasteiger partial charge on any atom is -0.493 e. The third-order valence-electron chi connectivity index (χ3n) is 7.44. The van der Waals surface area contributed by atoms with Crippen LogP contribution >= 0.6 is 0 Å². The van der Waals surface area contributed by atoms with E-state index < -0.39 is 11.9 Å². The molecule has 6 heteroatoms. The predicted octanol–water partition coefficient (Wildman–Crippen LogP) is 4.72. The molecule has 5 aliphatic rings. The van der Waals surface area contributed by atoms with Crippen LogP contribution < -0.4 is 10.2 Å². The van der Waals surface area contributed by atoms with E-state index in [4.69, 9.17) is 15.1 Å². The first kappa shape index (κ1) is 21.5. The number of carboxylic acid groups (broad SMARTS) is 1. The third-order valence-corrected chi connectivity index (χ3v) is 7.44. The Morgan fingerprint density at radius 2 is 1.82 bits per heavy atom. The lowest BCUT2D eigenvalue weighted by atomic mass is 9.46. The highest BCUT2D eigenvalue weighted by Crippen LogP contribution is 2.64. The second-order valence-corrected chi connectivity index (χ2v) is 9.36. The molecule has 0 aromatic heterocycles. The number of rotatable bonds is 8. The van der Waals surface area contributed by atoms with Crippen LogP contribution in [0.2, 0.25) is 0 Å². The maximum Gasteiger partial charge on any atom is 0.328 e. The fourth-order valence-corrected chi connectivity index (χ4v) is 5.87. The van der Waals surface area contributed by atoms with Crippen LogP contribution in [0.15, 0.2) is 60.2 Å². The van der Waals surface area contributed by atoms with Crippen LogP contribution in [0.3, 0.4) is 0 Å². The molecule has 1 amide bonds. The molecular weight excluding hydrogens is 418 g/mol. The maximum atomic E-state index is 11.4. The molecular formula is C27H27NO5. The van der Waals surface area contributed by atoms with E-state index in [-0.39, 0.29) is 18.4 Å². The van der Waals surface area contributed by atoms with E-state index in [9.17, 15) is 9.59 Å². The molecule has 0 saturated heterocycles. The van der Waals surface area contributed by atoms with Crippen molar-refractivity contribution in [1.82, 2.24) is 5.48 Å². The van der Waals surface area contributed by atoms with Crippen LogP contribution in [0.5, 0.6) is 5.75 Å². The van der Waals surface area contributed by atoms with Crippen molar-refractivity contribution in [3.8, 4) is 16.9 Å². The van der Waals surface area contributed by atoms with E-state index in [0.29, 0.717) is 11.8 Å². The molecule has 0 heterocycles. The van der Waals surface area contributed by atoms with Crippen LogP contribution in [0.25, 0.3) is 17.2 Å². The molecule has 3 N–H and O–H groups in total. The van der Waals surface area contributed by atoms with Crippen molar-refractivity contribution in [3.63, 3.8) is 0 Å². The highest BCUT2D eigenvalue weighted by molar-refractivity contribution is 5.85. The van der Waals surface area contributed by atoms with Crippen molar-refractivity contribution in [2.75, 3.05) is 6.61 Å². The summed E-state index contributed by atoms with van der Waals surface area (Å²) in [4.78, 5) is 22.2. The second-order valence-electron chi connectivity index (χ2n) is 9.36. The average Bonchev–Trinajstić information content (AvgIpc) is 2.83. The molecule has 170 valence electrons. The number of nitrogens with one attached hydrogen (secondary N) is 1. The minimum atomic E-state index is -0.967. The maximum absolute atomic E-state index is 11.4. The van der Waals surface area contributed by atoms with Crippen molar-refractivity contribution >= 4 is 18.0 Å². The summed E-state index contributed by atoms with van der Waals surface area (Å²) in [7, 11) is 0. The van der Waals surface area contributed by atoms with Gasteiger partial charge in [0.2, 0.25) is 5.91 Å². The van der Waals surface area contributed by atoms with Gasteiger partial charge in [-0.25, -0.2) is 10.3 Å². The summed E-state index contributed by atoms with van der Waals surface area (Å²) in [5.41, 5.74) is 7.54. The number of carbonyl (C=O) groups excluding carboxylic acids is 1. The SMILES string of the molecule is O=C(O)/C=C/c1ccc(-c2ccc(OCCC(=O)NO)c(C34CC=C5C(CC5C3)C4)c2)cc1. The molecule has 7 rings (SSSR count). The minimum absolute atomic E-state index is 0.0596. The number of fused-ring (bicyclic) bond motifs is 1. The van der Waals surface area contributed by atoms with E-state index in [1.807, 2.05) is 36.4 Å². The Kier molecular flexibility index (Phi) is 5.54. The number of hydrogen-bond donors (Lipinski definition) is 3. The van der Waals surface area contributed by atoms with E-state index in [2.05, 4.69) is 12.1 Å². The molecule has 0 aliphatic heterocycles. The van der Waals surface area contributed by atoms with E-state index in [1.54, 1.807) is 17.1 Å². The molecule has 2 aromatic rings. The van der Waals surface area contributed by atoms with Gasteiger partial charge in [0.25, 0.3) is 0 Å². The number of carboxylic acids is 1. The molecule has 3 saturated carbocycles. The highest BCUT2D eigenvalue weighted by atomic mass is 16.5. The van der Waals surface area contributed by atoms with Gasteiger partial charge in [-0.1, -0.05) is 42.0 Å². The van der Waals surface area contributed by atoms with Crippen molar-refractivity contribution in [2.24, 2.45) is 11.8 Å². The summed E-state index contributed by atoms with van der Waals surface area (Å²) in [5.74, 6) is 0.755. The van der Waals surface area contributed by atoms with E-state index >= 15 is 0 Å². The monoisotopic (exact) mass is 445 g/mol. The average molecular weight is 446 g/mol. The first-order valence-electron chi connectivity index (χ1n) is 11.4. The number of ether oxygens (including phenoxy) is 1. The molecule has 33 heavy (non-hydrogen) atoms. The standard InChI is InChI=1S/C27H27NO5/c29-25(28-32)10-12-33-24-7-6-19(18-4-1-17(2-5-18)3-8-26(30)31)14-23(24)27-11-9-22-20(15-27)13-21(22)16-27/h1-9,14,20-21,32H,10-13,15-16H2,(H,28,29)(H,30,31)/b8-3+. The Labute approximate surface area is 192 Å². The zero-order valence-electron chi connectivity index (χ0n) is 18.3. The fraction of sp³-hybridized carbons (Fsp3) is 0.333. The van der Waals surface area contributed by atoms with Gasteiger partial charge in [-0.3, -0.25) is 10.0 Å². The van der Waals surface area contributed by atoms with Gasteiger partial charge in [0.1, 0.15) is 5.75 Å². The third kappa shape index (κ3) is 4.07. The fourth-order valence-electron chi connectivity index (χ4n) is 5.87. The van der Waals surface area contributed by atoms with Gasteiger partial charge in [-0.15, -0.1) is 0 Å². The molecule has 0 radical (unpaired) electrons. The van der Waals surface area contributed by atoms with Gasteiger partial charge in [0.15, 0.2) is 0 Å². The highest BCUT2D eigenvalue weighted by Gasteiger charge is 2.54. The van der Waals surface area contributed by atoms with Gasteiger partial charge in [-0.2, -0.15) is 0 Å². The summed E-state index contributed by atoms with van der Waals surface area (Å²) < 4.78 is 6.06. The Bertz CT molecular complexity index is 1130. The molecule has 5 aliphatic carbocycles. The zero-order valence-corrected chi connectivity index (χ0v) is 18.3. The smallest absolute Gasteiger partial charge is 0.328 e. The van der Waals surface area contributed by atoms with Gasteiger partial charge >= 0.3 is 5.97 Å². The largest absolute Gasteiger partial charge is 0.493 e. The summed E-state index contributed by atoms with van der Waals surface area (Å²) in [5, 5.41) is 17.6. The lowest BCUT2D eigenvalue weighted by Gasteiger charge is -2.58. The van der Waals surface area contributed by atoms with Crippen LogP contribution in [-0.4, -0.2) is 28.8 Å². The topological polar surface area (TPSA) is 95.9 Å². The van der Waals surface area contributed by atoms with E-state index in [0.717, 1.165) is 47.8 Å². The zero-order chi connectivity index (χ0) is 23.0. The van der Waals surface area contributed by atoms with Crippen LogP contribution in [0.1, 0.15) is 43.2 Å². The molecule has 6 nitrogen and oxygen atoms in total. The Morgan fingerprint density at radius 3 is 2.48 bits per heavy atom. The van der Waals surface area contributed by atoms with Crippen LogP contribution in [0, 0.1) is 11.8 Å². The molecule has 3 fully saturated rings. The van der Waals surface area contributed by atoms with Crippen molar-refractivity contribution in [1.29, 1.82) is 0 Å². The second kappa shape index (κ2) is 8.52. The Hall–Kier alpha value is -3.38. The number of aliphatic carboxylic acids is 1. The normalized spacial score (nSPS) is 24.8. The number of hydroxylamine groups is 1. The number of amides is 1. The Balaban J connectivity index is 1.46. The molecule has 2 aromatic carbocycles. The first-order chi connectivity index (χ1) is 16.0. The lowest BCUT2D eigenvalue weighted by molar-refractivity contribution is -0.131. The molecule has 2 atom stereocenters. The first-order valence-corrected chi connectivity index (χ1v) is 11.4. The van der Waals surface area contributed by atoms with Gasteiger partial charge < -0.3 is 9.84 Å². The summed E-state index contributed by atoms with van der Waals surface area (Å²) in [6.45, 7) is 0.202. The molecule has 2 unspecified atom stereocenters. The van der Waals surface area contributed by atoms with Crippen LogP contribution in [0.4, 0.5) is 0 Å². The summed E-state index contributed by atoms with van der Waals surface area (Å²) in [6, 6.07) is 14.1. The predicted molar refractivity (Wildman–Crippen MR) is 124 cm³/mol. The van der Waals surface area contributed by atoms with Gasteiger partial charge in [0, 0.05) is 17.1 Å². The molecule has 4 bridgehead atoms. The number of allylic oxidation sites excluding steroid dienone is 2.